The number of ether oxygens (including phenoxy) is 1. The summed E-state index contributed by atoms with van der Waals surface area (Å²) in [5.41, 5.74) is 6.31. The molecular weight excluding hydrogens is 372 g/mol. The number of hydrogen-bond donors (Lipinski definition) is 1. The van der Waals surface area contributed by atoms with E-state index in [0.29, 0.717) is 5.56 Å². The zero-order valence-corrected chi connectivity index (χ0v) is 18.0. The first kappa shape index (κ1) is 20.0. The summed E-state index contributed by atoms with van der Waals surface area (Å²) in [5.74, 6) is 0.771. The van der Waals surface area contributed by atoms with E-state index in [4.69, 9.17) is 4.74 Å². The van der Waals surface area contributed by atoms with Crippen molar-refractivity contribution in [3.8, 4) is 5.75 Å². The number of nitrogens with zero attached hydrogens (tertiary/aromatic N) is 1. The molecular formula is C26H28N2O2. The summed E-state index contributed by atoms with van der Waals surface area (Å²) in [4.78, 5) is 15.5. The van der Waals surface area contributed by atoms with Gasteiger partial charge in [-0.1, -0.05) is 36.4 Å². The number of benzene rings is 3. The molecule has 0 bridgehead atoms. The van der Waals surface area contributed by atoms with Crippen molar-refractivity contribution < 1.29 is 9.53 Å². The van der Waals surface area contributed by atoms with Crippen molar-refractivity contribution in [2.45, 2.75) is 39.3 Å². The summed E-state index contributed by atoms with van der Waals surface area (Å²) in [7, 11) is 1.63. The Hall–Kier alpha value is -3.27. The van der Waals surface area contributed by atoms with E-state index in [2.05, 4.69) is 68.6 Å². The van der Waals surface area contributed by atoms with Crippen LogP contribution in [0.2, 0.25) is 0 Å². The van der Waals surface area contributed by atoms with Crippen LogP contribution in [0.15, 0.2) is 66.7 Å². The molecule has 4 nitrogen and oxygen atoms in total. The smallest absolute Gasteiger partial charge is 0.258 e. The minimum absolute atomic E-state index is 0.0232. The van der Waals surface area contributed by atoms with Crippen molar-refractivity contribution in [2.75, 3.05) is 17.3 Å². The quantitative estimate of drug-likeness (QED) is 0.592. The molecule has 0 aliphatic carbocycles. The lowest BCUT2D eigenvalue weighted by Gasteiger charge is -2.41. The van der Waals surface area contributed by atoms with Gasteiger partial charge in [0.25, 0.3) is 5.91 Å². The maximum Gasteiger partial charge on any atom is 0.258 e. The van der Waals surface area contributed by atoms with Gasteiger partial charge in [0.1, 0.15) is 5.75 Å². The number of amides is 1. The highest BCUT2D eigenvalue weighted by Gasteiger charge is 2.35. The molecule has 4 rings (SSSR count). The van der Waals surface area contributed by atoms with E-state index in [0.717, 1.165) is 29.1 Å². The Morgan fingerprint density at radius 3 is 2.37 bits per heavy atom. The van der Waals surface area contributed by atoms with E-state index >= 15 is 0 Å². The van der Waals surface area contributed by atoms with E-state index in [1.54, 1.807) is 7.11 Å². The molecule has 1 aliphatic heterocycles. The van der Waals surface area contributed by atoms with Crippen molar-refractivity contribution in [3.63, 3.8) is 0 Å². The van der Waals surface area contributed by atoms with E-state index < -0.39 is 0 Å². The third-order valence-electron chi connectivity index (χ3n) is 5.93. The normalized spacial score (nSPS) is 17.9. The Kier molecular flexibility index (Phi) is 5.49. The molecule has 4 heteroatoms. The Labute approximate surface area is 178 Å². The fraction of sp³-hybridized carbons (Fsp3) is 0.269. The molecule has 0 saturated carbocycles. The molecule has 1 N–H and O–H groups in total. The summed E-state index contributed by atoms with van der Waals surface area (Å²) >= 11 is 0. The average Bonchev–Trinajstić information content (AvgIpc) is 2.76. The Balaban J connectivity index is 1.72. The number of fused-ring (bicyclic) bond motifs is 1. The molecule has 154 valence electrons. The van der Waals surface area contributed by atoms with Crippen LogP contribution in [0.1, 0.15) is 46.4 Å². The molecule has 1 aliphatic rings. The topological polar surface area (TPSA) is 41.6 Å². The van der Waals surface area contributed by atoms with Gasteiger partial charge in [0.15, 0.2) is 0 Å². The zero-order chi connectivity index (χ0) is 21.3. The number of nitrogens with one attached hydrogen (secondary N) is 1. The second-order valence-corrected chi connectivity index (χ2v) is 8.01. The second kappa shape index (κ2) is 8.23. The highest BCUT2D eigenvalue weighted by atomic mass is 16.5. The highest BCUT2D eigenvalue weighted by Crippen LogP contribution is 2.42. The van der Waals surface area contributed by atoms with Gasteiger partial charge in [-0.05, 0) is 74.2 Å². The number of methoxy groups -OCH3 is 1. The van der Waals surface area contributed by atoms with Crippen LogP contribution in [0, 0.1) is 13.8 Å². The third-order valence-corrected chi connectivity index (χ3v) is 5.93. The van der Waals surface area contributed by atoms with E-state index in [1.807, 2.05) is 29.2 Å². The first-order valence-electron chi connectivity index (χ1n) is 10.4. The molecule has 3 aromatic carbocycles. The average molecular weight is 401 g/mol. The van der Waals surface area contributed by atoms with Gasteiger partial charge in [-0.3, -0.25) is 4.79 Å². The second-order valence-electron chi connectivity index (χ2n) is 8.01. The number of para-hydroxylation sites is 2. The minimum Gasteiger partial charge on any atom is -0.497 e. The summed E-state index contributed by atoms with van der Waals surface area (Å²) in [5, 5.41) is 3.72. The van der Waals surface area contributed by atoms with Crippen LogP contribution >= 0.6 is 0 Å². The van der Waals surface area contributed by atoms with Gasteiger partial charge >= 0.3 is 0 Å². The highest BCUT2D eigenvalue weighted by molar-refractivity contribution is 6.07. The largest absolute Gasteiger partial charge is 0.497 e. The molecule has 1 heterocycles. The van der Waals surface area contributed by atoms with Crippen LogP contribution in [0.25, 0.3) is 0 Å². The lowest BCUT2D eigenvalue weighted by atomic mass is 9.88. The Bertz CT molecular complexity index is 1060. The maximum absolute atomic E-state index is 13.5. The first-order chi connectivity index (χ1) is 14.5. The summed E-state index contributed by atoms with van der Waals surface area (Å²) in [6.07, 6.45) is 0.840. The van der Waals surface area contributed by atoms with Gasteiger partial charge in [0, 0.05) is 17.3 Å². The van der Waals surface area contributed by atoms with Gasteiger partial charge in [-0.25, -0.2) is 0 Å². The molecule has 3 aromatic rings. The summed E-state index contributed by atoms with van der Waals surface area (Å²) < 4.78 is 5.24. The molecule has 0 fully saturated rings. The van der Waals surface area contributed by atoms with E-state index in [1.165, 1.54) is 11.1 Å². The standard InChI is InChI=1S/C26H28N2O2/c1-17-8-5-6-11-23(17)27-24-16-19(3)28(25-18(2)9-7-10-22(24)25)26(29)20-12-14-21(30-4)15-13-20/h5-15,19,24,27H,16H2,1-4H3/t19-,24-/m1/s1. The predicted octanol–water partition coefficient (Wildman–Crippen LogP) is 5.90. The van der Waals surface area contributed by atoms with Crippen LogP contribution in [-0.4, -0.2) is 19.1 Å². The summed E-state index contributed by atoms with van der Waals surface area (Å²) in [6, 6.07) is 22.2. The van der Waals surface area contributed by atoms with Crippen LogP contribution in [-0.2, 0) is 0 Å². The Morgan fingerprint density at radius 2 is 1.67 bits per heavy atom. The number of carbonyl (C=O) groups excluding carboxylic acids is 1. The van der Waals surface area contributed by atoms with Crippen molar-refractivity contribution in [1.29, 1.82) is 0 Å². The van der Waals surface area contributed by atoms with E-state index in [9.17, 15) is 4.79 Å². The number of aryl methyl sites for hydroxylation is 2. The first-order valence-corrected chi connectivity index (χ1v) is 10.4. The number of anilines is 2. The molecule has 30 heavy (non-hydrogen) atoms. The van der Waals surface area contributed by atoms with Gasteiger partial charge in [-0.15, -0.1) is 0 Å². The van der Waals surface area contributed by atoms with Gasteiger partial charge in [0.05, 0.1) is 18.8 Å². The SMILES string of the molecule is COc1ccc(C(=O)N2c3c(C)cccc3[C@H](Nc3ccccc3C)C[C@H]2C)cc1. The molecule has 2 atom stereocenters. The van der Waals surface area contributed by atoms with Gasteiger partial charge in [-0.2, -0.15) is 0 Å². The zero-order valence-electron chi connectivity index (χ0n) is 18.0. The van der Waals surface area contributed by atoms with Crippen molar-refractivity contribution in [3.05, 3.63) is 89.0 Å². The van der Waals surface area contributed by atoms with Crippen molar-refractivity contribution >= 4 is 17.3 Å². The monoisotopic (exact) mass is 400 g/mol. The third kappa shape index (κ3) is 3.65. The van der Waals surface area contributed by atoms with Crippen molar-refractivity contribution in [1.82, 2.24) is 0 Å². The van der Waals surface area contributed by atoms with Gasteiger partial charge < -0.3 is 15.0 Å². The van der Waals surface area contributed by atoms with E-state index in [-0.39, 0.29) is 18.0 Å². The minimum atomic E-state index is 0.0232. The fourth-order valence-electron chi connectivity index (χ4n) is 4.32. The predicted molar refractivity (Wildman–Crippen MR) is 123 cm³/mol. The number of hydrogen-bond acceptors (Lipinski definition) is 3. The maximum atomic E-state index is 13.5. The number of carbonyl (C=O) groups is 1. The number of rotatable bonds is 4. The summed E-state index contributed by atoms with van der Waals surface area (Å²) in [6.45, 7) is 6.32. The van der Waals surface area contributed by atoms with Crippen LogP contribution in [0.4, 0.5) is 11.4 Å². The lowest BCUT2D eigenvalue weighted by molar-refractivity contribution is 0.0974. The van der Waals surface area contributed by atoms with Crippen molar-refractivity contribution in [2.24, 2.45) is 0 Å². The molecule has 1 amide bonds. The molecule has 0 radical (unpaired) electrons. The van der Waals surface area contributed by atoms with Gasteiger partial charge in [0.2, 0.25) is 0 Å². The molecule has 0 spiro atoms. The lowest BCUT2D eigenvalue weighted by Crippen LogP contribution is -2.44. The van der Waals surface area contributed by atoms with Crippen LogP contribution in [0.3, 0.4) is 0 Å². The fourth-order valence-corrected chi connectivity index (χ4v) is 4.32. The molecule has 0 aromatic heterocycles. The van der Waals surface area contributed by atoms with Crippen LogP contribution < -0.4 is 15.0 Å². The molecule has 0 saturated heterocycles. The Morgan fingerprint density at radius 1 is 0.967 bits per heavy atom. The molecule has 0 unspecified atom stereocenters. The van der Waals surface area contributed by atoms with Crippen LogP contribution in [0.5, 0.6) is 5.75 Å².